The van der Waals surface area contributed by atoms with Crippen LogP contribution in [0.15, 0.2) is 109 Å². The predicted molar refractivity (Wildman–Crippen MR) is 168 cm³/mol. The van der Waals surface area contributed by atoms with Gasteiger partial charge in [-0.25, -0.2) is 0 Å². The van der Waals surface area contributed by atoms with Gasteiger partial charge in [-0.1, -0.05) is 106 Å². The number of aryl methyl sites for hydroxylation is 4. The van der Waals surface area contributed by atoms with Crippen LogP contribution in [0.25, 0.3) is 0 Å². The summed E-state index contributed by atoms with van der Waals surface area (Å²) in [6, 6.07) is 37.2. The van der Waals surface area contributed by atoms with E-state index < -0.39 is 0 Å². The maximum Gasteiger partial charge on any atom is 2.00 e. The normalized spacial score (nSPS) is 9.73. The first-order valence-electron chi connectivity index (χ1n) is 11.7. The van der Waals surface area contributed by atoms with E-state index in [-0.39, 0.29) is 17.1 Å². The summed E-state index contributed by atoms with van der Waals surface area (Å²) in [5, 5.41) is 6.11. The quantitative estimate of drug-likeness (QED) is 0.123. The first kappa shape index (κ1) is 30.8. The topological polar surface area (TPSA) is 24.1 Å². The number of thiocarbonyl (C=S) groups is 2. The van der Waals surface area contributed by atoms with Crippen LogP contribution in [0.4, 0.5) is 11.4 Å². The summed E-state index contributed by atoms with van der Waals surface area (Å²) in [4.78, 5) is 0. The zero-order valence-corrected chi connectivity index (χ0v) is 24.4. The summed E-state index contributed by atoms with van der Waals surface area (Å²) >= 11 is 19.7. The van der Waals surface area contributed by atoms with Crippen molar-refractivity contribution in [2.75, 3.05) is 10.6 Å². The van der Waals surface area contributed by atoms with Gasteiger partial charge in [0.15, 0.2) is 0 Å². The molecule has 0 saturated carbocycles. The SMILES string of the molecule is S=C([S-])Nc1ccccc1CCc1ccccc1.S=C([S-])Nc1ccccc1CCc1ccccc1.[Cu+2]. The van der Waals surface area contributed by atoms with Crippen LogP contribution in [0.3, 0.4) is 0 Å². The molecule has 193 valence electrons. The molecule has 0 heterocycles. The number of rotatable bonds is 8. The van der Waals surface area contributed by atoms with Crippen molar-refractivity contribution in [2.45, 2.75) is 25.7 Å². The largest absolute Gasteiger partial charge is 2.00 e. The summed E-state index contributed by atoms with van der Waals surface area (Å²) in [6.07, 6.45) is 3.99. The molecule has 4 rings (SSSR count). The molecule has 0 unspecified atom stereocenters. The maximum atomic E-state index is 4.92. The third kappa shape index (κ3) is 11.7. The van der Waals surface area contributed by atoms with Crippen molar-refractivity contribution in [2.24, 2.45) is 0 Å². The number of benzene rings is 4. The minimum atomic E-state index is 0. The first-order chi connectivity index (χ1) is 17.5. The number of hydrogen-bond acceptors (Lipinski definition) is 4. The van der Waals surface area contributed by atoms with Crippen LogP contribution in [0.5, 0.6) is 0 Å². The van der Waals surface area contributed by atoms with Crippen LogP contribution >= 0.6 is 24.4 Å². The van der Waals surface area contributed by atoms with Crippen LogP contribution in [-0.2, 0) is 68.0 Å². The molecule has 4 aromatic carbocycles. The Bertz CT molecular complexity index is 1150. The first-order valence-corrected chi connectivity index (χ1v) is 13.3. The van der Waals surface area contributed by atoms with E-state index in [0.717, 1.165) is 37.1 Å². The van der Waals surface area contributed by atoms with E-state index in [1.54, 1.807) is 0 Å². The van der Waals surface area contributed by atoms with Gasteiger partial charge in [-0.3, -0.25) is 0 Å². The van der Waals surface area contributed by atoms with Crippen molar-refractivity contribution in [3.05, 3.63) is 131 Å². The van der Waals surface area contributed by atoms with E-state index >= 15 is 0 Å². The Balaban J connectivity index is 0.000000253. The van der Waals surface area contributed by atoms with Crippen molar-refractivity contribution in [1.82, 2.24) is 0 Å². The van der Waals surface area contributed by atoms with Gasteiger partial charge in [-0.15, -0.1) is 0 Å². The Morgan fingerprint density at radius 1 is 0.486 bits per heavy atom. The molecule has 37 heavy (non-hydrogen) atoms. The Morgan fingerprint density at radius 2 is 0.811 bits per heavy atom. The second-order valence-corrected chi connectivity index (χ2v) is 10.3. The van der Waals surface area contributed by atoms with Crippen molar-refractivity contribution in [1.29, 1.82) is 0 Å². The third-order valence-corrected chi connectivity index (χ3v) is 5.97. The average molecular weight is 608 g/mol. The van der Waals surface area contributed by atoms with E-state index in [1.807, 2.05) is 48.5 Å². The predicted octanol–water partition coefficient (Wildman–Crippen LogP) is 7.43. The minimum absolute atomic E-state index is 0. The second kappa shape index (κ2) is 17.2. The Hall–Kier alpha value is -2.38. The number of para-hydroxylation sites is 2. The van der Waals surface area contributed by atoms with Crippen molar-refractivity contribution in [3.8, 4) is 0 Å². The summed E-state index contributed by atoms with van der Waals surface area (Å²) in [6.45, 7) is 0. The molecule has 0 aliphatic heterocycles. The molecule has 0 aliphatic carbocycles. The molecule has 2 nitrogen and oxygen atoms in total. The molecule has 2 N–H and O–H groups in total. The van der Waals surface area contributed by atoms with Gasteiger partial charge in [0.1, 0.15) is 0 Å². The van der Waals surface area contributed by atoms with Crippen molar-refractivity contribution in [3.63, 3.8) is 0 Å². The summed E-state index contributed by atoms with van der Waals surface area (Å²) in [7, 11) is 0. The van der Waals surface area contributed by atoms with Gasteiger partial charge in [-0.05, 0) is 60.1 Å². The standard InChI is InChI=1S/2C15H15NS2.Cu/c2*17-15(18)16-14-9-5-4-8-13(14)11-10-12-6-2-1-3-7-12;/h2*1-9H,10-11H2,(H2,16,17,18);/q;;+2/p-2. The molecule has 0 amide bonds. The molecule has 0 spiro atoms. The van der Waals surface area contributed by atoms with Gasteiger partial charge >= 0.3 is 17.1 Å². The molecule has 0 fully saturated rings. The van der Waals surface area contributed by atoms with E-state index in [1.165, 1.54) is 22.3 Å². The number of hydrogen-bond donors (Lipinski definition) is 2. The van der Waals surface area contributed by atoms with Gasteiger partial charge in [0.25, 0.3) is 0 Å². The fourth-order valence-corrected chi connectivity index (χ4v) is 4.23. The molecule has 0 aromatic heterocycles. The smallest absolute Gasteiger partial charge is 0.411 e. The monoisotopic (exact) mass is 607 g/mol. The number of nitrogens with one attached hydrogen (secondary N) is 2. The molecular formula is C30H28CuN2S4. The van der Waals surface area contributed by atoms with Gasteiger partial charge in [0.2, 0.25) is 0 Å². The maximum absolute atomic E-state index is 4.92. The average Bonchev–Trinajstić information content (AvgIpc) is 2.89. The van der Waals surface area contributed by atoms with Crippen LogP contribution in [0.2, 0.25) is 0 Å². The van der Waals surface area contributed by atoms with Crippen LogP contribution < -0.4 is 10.6 Å². The van der Waals surface area contributed by atoms with Gasteiger partial charge in [-0.2, -0.15) is 0 Å². The van der Waals surface area contributed by atoms with Gasteiger partial charge in [0.05, 0.1) is 0 Å². The molecule has 7 heteroatoms. The summed E-state index contributed by atoms with van der Waals surface area (Å²) < 4.78 is 0.782. The van der Waals surface area contributed by atoms with E-state index in [0.29, 0.717) is 8.64 Å². The van der Waals surface area contributed by atoms with Gasteiger partial charge in [0, 0.05) is 11.4 Å². The Labute approximate surface area is 253 Å². The molecule has 0 aliphatic rings. The summed E-state index contributed by atoms with van der Waals surface area (Å²) in [5.41, 5.74) is 7.21. The second-order valence-electron chi connectivity index (χ2n) is 8.11. The fourth-order valence-electron chi connectivity index (χ4n) is 3.79. The molecule has 0 saturated heterocycles. The third-order valence-electron chi connectivity index (χ3n) is 5.56. The number of anilines is 2. The van der Waals surface area contributed by atoms with Crippen molar-refractivity contribution >= 4 is 69.7 Å². The zero-order chi connectivity index (χ0) is 25.6. The van der Waals surface area contributed by atoms with Crippen LogP contribution in [0.1, 0.15) is 22.3 Å². The summed E-state index contributed by atoms with van der Waals surface area (Å²) in [5.74, 6) is 0. The molecule has 0 atom stereocenters. The molecule has 4 aromatic rings. The van der Waals surface area contributed by atoms with E-state index in [2.05, 4.69) is 71.3 Å². The van der Waals surface area contributed by atoms with Crippen LogP contribution in [-0.4, -0.2) is 8.64 Å². The fraction of sp³-hybridized carbons (Fsp3) is 0.133. The Morgan fingerprint density at radius 3 is 1.16 bits per heavy atom. The molecule has 0 bridgehead atoms. The van der Waals surface area contributed by atoms with Crippen LogP contribution in [0, 0.1) is 0 Å². The van der Waals surface area contributed by atoms with Crippen molar-refractivity contribution < 1.29 is 17.1 Å². The zero-order valence-electron chi connectivity index (χ0n) is 20.2. The van der Waals surface area contributed by atoms with E-state index in [9.17, 15) is 0 Å². The van der Waals surface area contributed by atoms with Gasteiger partial charge < -0.3 is 60.3 Å². The molecule has 1 radical (unpaired) electrons. The Kier molecular flexibility index (Phi) is 14.3. The minimum Gasteiger partial charge on any atom is -0.411 e. The van der Waals surface area contributed by atoms with E-state index in [4.69, 9.17) is 49.7 Å². The molecular weight excluding hydrogens is 580 g/mol.